The third-order valence-corrected chi connectivity index (χ3v) is 5.14. The molecule has 0 saturated carbocycles. The van der Waals surface area contributed by atoms with E-state index in [1.165, 1.54) is 0 Å². The van der Waals surface area contributed by atoms with Crippen LogP contribution in [-0.4, -0.2) is 22.5 Å². The van der Waals surface area contributed by atoms with Gasteiger partial charge in [-0.05, 0) is 38.5 Å². The molecule has 8 heteroatoms. The highest BCUT2D eigenvalue weighted by molar-refractivity contribution is 7.20. The zero-order valence-corrected chi connectivity index (χ0v) is 15.8. The molecule has 0 radical (unpaired) electrons. The number of nitrogens with zero attached hydrogens (tertiary/aromatic N) is 2. The molecule has 1 N–H and O–H groups in total. The third kappa shape index (κ3) is 3.55. The number of thiophene rings is 1. The third-order valence-electron chi connectivity index (χ3n) is 3.98. The molecule has 7 nitrogen and oxygen atoms in total. The Morgan fingerprint density at radius 3 is 2.85 bits per heavy atom. The van der Waals surface area contributed by atoms with Crippen molar-refractivity contribution in [2.75, 3.05) is 6.61 Å². The average molecular weight is 383 g/mol. The number of hydrogen-bond acceptors (Lipinski definition) is 7. The summed E-state index contributed by atoms with van der Waals surface area (Å²) in [4.78, 5) is 32.6. The molecule has 0 aliphatic rings. The monoisotopic (exact) mass is 383 g/mol. The topological polar surface area (TPSA) is 105 Å². The summed E-state index contributed by atoms with van der Waals surface area (Å²) >= 11 is 1.12. The molecule has 2 heterocycles. The van der Waals surface area contributed by atoms with Crippen LogP contribution in [0.4, 0.5) is 0 Å². The molecule has 0 unspecified atom stereocenters. The second-order valence-electron chi connectivity index (χ2n) is 5.78. The number of benzene rings is 1. The van der Waals surface area contributed by atoms with Gasteiger partial charge >= 0.3 is 5.97 Å². The van der Waals surface area contributed by atoms with Crippen molar-refractivity contribution in [2.24, 2.45) is 0 Å². The fourth-order valence-corrected chi connectivity index (χ4v) is 3.74. The number of aromatic nitrogens is 2. The minimum absolute atomic E-state index is 0.255. The number of fused-ring (bicyclic) bond motifs is 1. The first-order chi connectivity index (χ1) is 13.0. The van der Waals surface area contributed by atoms with E-state index in [-0.39, 0.29) is 12.2 Å². The van der Waals surface area contributed by atoms with E-state index in [1.807, 2.05) is 0 Å². The number of rotatable bonds is 5. The van der Waals surface area contributed by atoms with E-state index in [0.29, 0.717) is 37.8 Å². The van der Waals surface area contributed by atoms with Crippen LogP contribution in [0.5, 0.6) is 5.75 Å². The Hall–Kier alpha value is -3.18. The molecule has 3 aromatic rings. The highest BCUT2D eigenvalue weighted by atomic mass is 32.1. The number of ether oxygens (including phenoxy) is 2. The molecule has 3 rings (SSSR count). The van der Waals surface area contributed by atoms with Gasteiger partial charge in [0, 0.05) is 0 Å². The van der Waals surface area contributed by atoms with Gasteiger partial charge in [-0.2, -0.15) is 5.26 Å². The van der Waals surface area contributed by atoms with Crippen molar-refractivity contribution in [3.8, 4) is 11.8 Å². The Balaban J connectivity index is 2.00. The van der Waals surface area contributed by atoms with Crippen molar-refractivity contribution >= 4 is 27.5 Å². The number of para-hydroxylation sites is 1. The Kier molecular flexibility index (Phi) is 5.23. The summed E-state index contributed by atoms with van der Waals surface area (Å²) < 4.78 is 10.8. The zero-order chi connectivity index (χ0) is 19.6. The summed E-state index contributed by atoms with van der Waals surface area (Å²) in [7, 11) is 0. The highest BCUT2D eigenvalue weighted by Crippen LogP contribution is 2.29. The number of esters is 1. The van der Waals surface area contributed by atoms with E-state index in [2.05, 4.69) is 16.0 Å². The van der Waals surface area contributed by atoms with Crippen molar-refractivity contribution in [1.82, 2.24) is 9.97 Å². The summed E-state index contributed by atoms with van der Waals surface area (Å²) in [5.74, 6) is 0.257. The molecular weight excluding hydrogens is 366 g/mol. The number of aryl methyl sites for hydroxylation is 1. The van der Waals surface area contributed by atoms with E-state index in [9.17, 15) is 14.9 Å². The van der Waals surface area contributed by atoms with Crippen LogP contribution in [0.25, 0.3) is 10.2 Å². The molecular formula is C19H17N3O4S. The van der Waals surface area contributed by atoms with Crippen molar-refractivity contribution in [3.05, 3.63) is 56.4 Å². The molecule has 0 spiro atoms. The van der Waals surface area contributed by atoms with Crippen molar-refractivity contribution in [2.45, 2.75) is 26.9 Å². The van der Waals surface area contributed by atoms with Gasteiger partial charge in [0.05, 0.1) is 17.6 Å². The first-order valence-corrected chi connectivity index (χ1v) is 9.14. The predicted octanol–water partition coefficient (Wildman–Crippen LogP) is 3.48. The lowest BCUT2D eigenvalue weighted by Gasteiger charge is -2.14. The second kappa shape index (κ2) is 7.60. The largest absolute Gasteiger partial charge is 0.481 e. The number of carbonyl (C=O) groups is 1. The molecule has 2 aromatic heterocycles. The summed E-state index contributed by atoms with van der Waals surface area (Å²) in [5.41, 5.74) is 0.602. The zero-order valence-electron chi connectivity index (χ0n) is 15.0. The van der Waals surface area contributed by atoms with Gasteiger partial charge in [0.15, 0.2) is 11.9 Å². The van der Waals surface area contributed by atoms with E-state index in [1.54, 1.807) is 45.0 Å². The maximum absolute atomic E-state index is 12.5. The average Bonchev–Trinajstić information content (AvgIpc) is 2.99. The molecule has 0 bridgehead atoms. The van der Waals surface area contributed by atoms with Crippen molar-refractivity contribution in [3.63, 3.8) is 0 Å². The van der Waals surface area contributed by atoms with Crippen LogP contribution in [0.3, 0.4) is 0 Å². The van der Waals surface area contributed by atoms with Gasteiger partial charge in [-0.1, -0.05) is 12.1 Å². The van der Waals surface area contributed by atoms with Crippen molar-refractivity contribution < 1.29 is 14.3 Å². The lowest BCUT2D eigenvalue weighted by Crippen LogP contribution is -2.16. The molecule has 0 saturated heterocycles. The molecule has 27 heavy (non-hydrogen) atoms. The van der Waals surface area contributed by atoms with Crippen LogP contribution in [0.15, 0.2) is 29.1 Å². The normalized spacial score (nSPS) is 11.8. The number of nitrogens with one attached hydrogen (secondary N) is 1. The van der Waals surface area contributed by atoms with Crippen molar-refractivity contribution in [1.29, 1.82) is 5.26 Å². The minimum atomic E-state index is -0.593. The van der Waals surface area contributed by atoms with Gasteiger partial charge < -0.3 is 14.5 Å². The van der Waals surface area contributed by atoms with Crippen LogP contribution in [0.2, 0.25) is 0 Å². The maximum atomic E-state index is 12.5. The molecule has 0 amide bonds. The molecule has 0 aliphatic heterocycles. The Labute approximate surface area is 159 Å². The first kappa shape index (κ1) is 18.6. The van der Waals surface area contributed by atoms with E-state index in [0.717, 1.165) is 11.3 Å². The van der Waals surface area contributed by atoms with Gasteiger partial charge in [-0.15, -0.1) is 11.3 Å². The van der Waals surface area contributed by atoms with E-state index in [4.69, 9.17) is 9.47 Å². The summed E-state index contributed by atoms with van der Waals surface area (Å²) in [6, 6.07) is 8.89. The standard InChI is InChI=1S/C19H17N3O4S/c1-4-25-19(24)15-10(2)14-17(23)21-16(22-18(14)27-15)11(3)26-13-8-6-5-7-12(13)9-20/h5-8,11H,4H2,1-3H3,(H,21,22,23)/t11-/m1/s1. The molecule has 1 atom stereocenters. The van der Waals surface area contributed by atoms with Crippen LogP contribution < -0.4 is 10.3 Å². The molecule has 0 fully saturated rings. The van der Waals surface area contributed by atoms with E-state index >= 15 is 0 Å². The minimum Gasteiger partial charge on any atom is -0.481 e. The quantitative estimate of drug-likeness (QED) is 0.676. The smallest absolute Gasteiger partial charge is 0.348 e. The number of H-pyrrole nitrogens is 1. The Bertz CT molecular complexity index is 1110. The molecule has 138 valence electrons. The maximum Gasteiger partial charge on any atom is 0.348 e. The predicted molar refractivity (Wildman–Crippen MR) is 101 cm³/mol. The molecule has 0 aliphatic carbocycles. The van der Waals surface area contributed by atoms with Crippen LogP contribution >= 0.6 is 11.3 Å². The van der Waals surface area contributed by atoms with Crippen LogP contribution in [-0.2, 0) is 4.74 Å². The van der Waals surface area contributed by atoms with E-state index < -0.39 is 12.1 Å². The van der Waals surface area contributed by atoms with Crippen LogP contribution in [0, 0.1) is 18.3 Å². The Morgan fingerprint density at radius 2 is 2.15 bits per heavy atom. The molecule has 1 aromatic carbocycles. The summed E-state index contributed by atoms with van der Waals surface area (Å²) in [5, 5.41) is 9.54. The highest BCUT2D eigenvalue weighted by Gasteiger charge is 2.22. The number of carbonyl (C=O) groups excluding carboxylic acids is 1. The SMILES string of the molecule is CCOC(=O)c1sc2nc([C@@H](C)Oc3ccccc3C#N)[nH]c(=O)c2c1C. The number of aromatic amines is 1. The van der Waals surface area contributed by atoms with Gasteiger partial charge in [-0.25, -0.2) is 9.78 Å². The van der Waals surface area contributed by atoms with Gasteiger partial charge in [0.1, 0.15) is 21.5 Å². The summed E-state index contributed by atoms with van der Waals surface area (Å²) in [6.45, 7) is 5.41. The van der Waals surface area contributed by atoms with Gasteiger partial charge in [-0.3, -0.25) is 4.79 Å². The number of nitriles is 1. The van der Waals surface area contributed by atoms with Gasteiger partial charge in [0.2, 0.25) is 0 Å². The lowest BCUT2D eigenvalue weighted by molar-refractivity contribution is 0.0531. The lowest BCUT2D eigenvalue weighted by atomic mass is 10.2. The van der Waals surface area contributed by atoms with Gasteiger partial charge in [0.25, 0.3) is 5.56 Å². The fourth-order valence-electron chi connectivity index (χ4n) is 2.65. The summed E-state index contributed by atoms with van der Waals surface area (Å²) in [6.07, 6.45) is -0.593. The Morgan fingerprint density at radius 1 is 1.41 bits per heavy atom. The number of hydrogen-bond donors (Lipinski definition) is 1. The second-order valence-corrected chi connectivity index (χ2v) is 6.78. The fraction of sp³-hybridized carbons (Fsp3) is 0.263. The van der Waals surface area contributed by atoms with Crippen LogP contribution in [0.1, 0.15) is 46.6 Å². The first-order valence-electron chi connectivity index (χ1n) is 8.32.